The number of rotatable bonds is 6. The van der Waals surface area contributed by atoms with Gasteiger partial charge in [0, 0.05) is 24.1 Å². The Kier molecular flexibility index (Phi) is 5.90. The summed E-state index contributed by atoms with van der Waals surface area (Å²) in [6.45, 7) is 0.520. The molecule has 0 fully saturated rings. The van der Waals surface area contributed by atoms with E-state index in [9.17, 15) is 4.79 Å². The number of amides is 1. The van der Waals surface area contributed by atoms with Crippen LogP contribution in [-0.2, 0) is 6.54 Å². The second kappa shape index (κ2) is 7.70. The molecule has 0 saturated heterocycles. The molecular weight excluding hydrogens is 382 g/mol. The summed E-state index contributed by atoms with van der Waals surface area (Å²) in [5, 5.41) is 0. The maximum absolute atomic E-state index is 12.7. The quantitative estimate of drug-likeness (QED) is 0.740. The number of carbonyl (C=O) groups excluding carboxylic acids is 1. The SMILES string of the molecule is COc1cc(OC)c(C(=O)N(C)Cc2ccc(Br)s2)cc1OC. The van der Waals surface area contributed by atoms with Crippen molar-refractivity contribution < 1.29 is 19.0 Å². The van der Waals surface area contributed by atoms with E-state index in [2.05, 4.69) is 15.9 Å². The van der Waals surface area contributed by atoms with Crippen molar-refractivity contribution in [3.63, 3.8) is 0 Å². The van der Waals surface area contributed by atoms with Gasteiger partial charge in [-0.2, -0.15) is 0 Å². The minimum atomic E-state index is -0.146. The summed E-state index contributed by atoms with van der Waals surface area (Å²) < 4.78 is 16.9. The lowest BCUT2D eigenvalue weighted by atomic mass is 10.1. The molecule has 1 aromatic heterocycles. The summed E-state index contributed by atoms with van der Waals surface area (Å²) in [7, 11) is 6.35. The van der Waals surface area contributed by atoms with Crippen LogP contribution in [0.5, 0.6) is 17.2 Å². The molecule has 0 aliphatic rings. The summed E-state index contributed by atoms with van der Waals surface area (Å²) in [6.07, 6.45) is 0. The monoisotopic (exact) mass is 399 g/mol. The molecule has 0 radical (unpaired) electrons. The largest absolute Gasteiger partial charge is 0.496 e. The van der Waals surface area contributed by atoms with Gasteiger partial charge in [-0.15, -0.1) is 11.3 Å². The Morgan fingerprint density at radius 2 is 1.70 bits per heavy atom. The lowest BCUT2D eigenvalue weighted by molar-refractivity contribution is 0.0782. The minimum Gasteiger partial charge on any atom is -0.496 e. The fourth-order valence-electron chi connectivity index (χ4n) is 2.14. The molecular formula is C16H18BrNO4S. The van der Waals surface area contributed by atoms with Crippen molar-refractivity contribution in [2.45, 2.75) is 6.54 Å². The zero-order valence-corrected chi connectivity index (χ0v) is 15.8. The van der Waals surface area contributed by atoms with Crippen molar-refractivity contribution in [3.8, 4) is 17.2 Å². The van der Waals surface area contributed by atoms with Crippen LogP contribution in [0.1, 0.15) is 15.2 Å². The van der Waals surface area contributed by atoms with Crippen LogP contribution < -0.4 is 14.2 Å². The van der Waals surface area contributed by atoms with E-state index in [1.165, 1.54) is 14.2 Å². The Bertz CT molecular complexity index is 701. The predicted octanol–water partition coefficient (Wildman–Crippen LogP) is 3.81. The molecule has 1 heterocycles. The predicted molar refractivity (Wildman–Crippen MR) is 93.9 cm³/mol. The van der Waals surface area contributed by atoms with E-state index in [0.29, 0.717) is 29.4 Å². The van der Waals surface area contributed by atoms with E-state index in [0.717, 1.165) is 8.66 Å². The summed E-state index contributed by atoms with van der Waals surface area (Å²) in [5.41, 5.74) is 0.434. The van der Waals surface area contributed by atoms with Gasteiger partial charge in [-0.1, -0.05) is 0 Å². The number of thiophene rings is 1. The normalized spacial score (nSPS) is 10.3. The average Bonchev–Trinajstić information content (AvgIpc) is 2.97. The van der Waals surface area contributed by atoms with Gasteiger partial charge in [0.05, 0.1) is 37.2 Å². The van der Waals surface area contributed by atoms with Crippen molar-refractivity contribution in [1.29, 1.82) is 0 Å². The number of hydrogen-bond acceptors (Lipinski definition) is 5. The molecule has 1 aromatic carbocycles. The van der Waals surface area contributed by atoms with Crippen LogP contribution in [-0.4, -0.2) is 39.2 Å². The van der Waals surface area contributed by atoms with Gasteiger partial charge in [-0.05, 0) is 28.1 Å². The molecule has 23 heavy (non-hydrogen) atoms. The van der Waals surface area contributed by atoms with E-state index >= 15 is 0 Å². The van der Waals surface area contributed by atoms with Gasteiger partial charge < -0.3 is 19.1 Å². The Balaban J connectivity index is 2.29. The van der Waals surface area contributed by atoms with E-state index in [4.69, 9.17) is 14.2 Å². The van der Waals surface area contributed by atoms with Crippen molar-refractivity contribution in [1.82, 2.24) is 4.90 Å². The summed E-state index contributed by atoms with van der Waals surface area (Å²) in [5.74, 6) is 1.31. The number of nitrogens with zero attached hydrogens (tertiary/aromatic N) is 1. The second-order valence-electron chi connectivity index (χ2n) is 4.77. The average molecular weight is 400 g/mol. The molecule has 2 aromatic rings. The second-order valence-corrected chi connectivity index (χ2v) is 7.32. The zero-order chi connectivity index (χ0) is 17.0. The van der Waals surface area contributed by atoms with Crippen LogP contribution in [0.25, 0.3) is 0 Å². The number of hydrogen-bond donors (Lipinski definition) is 0. The highest BCUT2D eigenvalue weighted by molar-refractivity contribution is 9.11. The first-order valence-electron chi connectivity index (χ1n) is 6.79. The molecule has 0 unspecified atom stereocenters. The van der Waals surface area contributed by atoms with Gasteiger partial charge in [-0.3, -0.25) is 4.79 Å². The van der Waals surface area contributed by atoms with Crippen molar-refractivity contribution in [2.75, 3.05) is 28.4 Å². The van der Waals surface area contributed by atoms with Crippen LogP contribution in [0.4, 0.5) is 0 Å². The first-order valence-corrected chi connectivity index (χ1v) is 8.40. The Morgan fingerprint density at radius 3 is 2.22 bits per heavy atom. The van der Waals surface area contributed by atoms with Gasteiger partial charge in [0.15, 0.2) is 11.5 Å². The summed E-state index contributed by atoms with van der Waals surface area (Å²) in [4.78, 5) is 15.5. The molecule has 2 rings (SSSR count). The fourth-order valence-corrected chi connectivity index (χ4v) is 3.68. The first kappa shape index (κ1) is 17.6. The van der Waals surface area contributed by atoms with Crippen LogP contribution in [0.3, 0.4) is 0 Å². The molecule has 0 aliphatic heterocycles. The molecule has 7 heteroatoms. The molecule has 0 N–H and O–H groups in total. The Hall–Kier alpha value is -1.73. The molecule has 124 valence electrons. The number of halogens is 1. The van der Waals surface area contributed by atoms with Gasteiger partial charge in [-0.25, -0.2) is 0 Å². The molecule has 1 amide bonds. The maximum Gasteiger partial charge on any atom is 0.257 e. The topological polar surface area (TPSA) is 48.0 Å². The summed E-state index contributed by atoms with van der Waals surface area (Å²) in [6, 6.07) is 7.25. The number of ether oxygens (including phenoxy) is 3. The number of carbonyl (C=O) groups is 1. The standard InChI is InChI=1S/C16H18BrNO4S/c1-18(9-10-5-6-15(17)23-10)16(19)11-7-13(21-3)14(22-4)8-12(11)20-2/h5-8H,9H2,1-4H3. The molecule has 5 nitrogen and oxygen atoms in total. The zero-order valence-electron chi connectivity index (χ0n) is 13.4. The van der Waals surface area contributed by atoms with Crippen LogP contribution in [0.2, 0.25) is 0 Å². The third kappa shape index (κ3) is 3.97. The van der Waals surface area contributed by atoms with Gasteiger partial charge in [0.1, 0.15) is 5.75 Å². The molecule has 0 aliphatic carbocycles. The van der Waals surface area contributed by atoms with Crippen LogP contribution in [0.15, 0.2) is 28.1 Å². The molecule has 0 atom stereocenters. The third-order valence-electron chi connectivity index (χ3n) is 3.30. The third-order valence-corrected chi connectivity index (χ3v) is 4.91. The van der Waals surface area contributed by atoms with Crippen LogP contribution >= 0.6 is 27.3 Å². The number of benzene rings is 1. The van der Waals surface area contributed by atoms with Crippen LogP contribution in [0, 0.1) is 0 Å². The van der Waals surface area contributed by atoms with Crippen molar-refractivity contribution in [3.05, 3.63) is 38.5 Å². The van der Waals surface area contributed by atoms with Gasteiger partial charge in [0.2, 0.25) is 0 Å². The van der Waals surface area contributed by atoms with Crippen molar-refractivity contribution in [2.24, 2.45) is 0 Å². The molecule has 0 saturated carbocycles. The van der Waals surface area contributed by atoms with Gasteiger partial charge in [0.25, 0.3) is 5.91 Å². The van der Waals surface area contributed by atoms with Crippen molar-refractivity contribution >= 4 is 33.2 Å². The number of methoxy groups -OCH3 is 3. The molecule has 0 bridgehead atoms. The lowest BCUT2D eigenvalue weighted by Crippen LogP contribution is -2.26. The first-order chi connectivity index (χ1) is 11.0. The van der Waals surface area contributed by atoms with E-state index in [-0.39, 0.29) is 5.91 Å². The summed E-state index contributed by atoms with van der Waals surface area (Å²) >= 11 is 5.03. The lowest BCUT2D eigenvalue weighted by Gasteiger charge is -2.19. The fraction of sp³-hybridized carbons (Fsp3) is 0.312. The highest BCUT2D eigenvalue weighted by atomic mass is 79.9. The molecule has 0 spiro atoms. The highest BCUT2D eigenvalue weighted by Crippen LogP contribution is 2.35. The Labute approximate surface area is 147 Å². The Morgan fingerprint density at radius 1 is 1.09 bits per heavy atom. The van der Waals surface area contributed by atoms with E-state index in [1.54, 1.807) is 42.5 Å². The van der Waals surface area contributed by atoms with Gasteiger partial charge >= 0.3 is 0 Å². The smallest absolute Gasteiger partial charge is 0.257 e. The minimum absolute atomic E-state index is 0.146. The van der Waals surface area contributed by atoms with E-state index in [1.807, 2.05) is 12.1 Å². The highest BCUT2D eigenvalue weighted by Gasteiger charge is 2.21. The van der Waals surface area contributed by atoms with E-state index < -0.39 is 0 Å². The maximum atomic E-state index is 12.7.